The van der Waals surface area contributed by atoms with E-state index in [-0.39, 0.29) is 19.5 Å². The van der Waals surface area contributed by atoms with Gasteiger partial charge in [0.1, 0.15) is 0 Å². The normalized spacial score (nSPS) is 24.3. The van der Waals surface area contributed by atoms with Crippen molar-refractivity contribution in [2.45, 2.75) is 159 Å². The van der Waals surface area contributed by atoms with Crippen LogP contribution in [-0.2, 0) is 19.5 Å². The van der Waals surface area contributed by atoms with Gasteiger partial charge in [0.15, 0.2) is 8.32 Å². The molecule has 1 radical (unpaired) electrons. The van der Waals surface area contributed by atoms with Gasteiger partial charge in [0.2, 0.25) is 0 Å². The Morgan fingerprint density at radius 2 is 0.727 bits per heavy atom. The van der Waals surface area contributed by atoms with E-state index >= 15 is 0 Å². The molecule has 4 aliphatic carbocycles. The van der Waals surface area contributed by atoms with Gasteiger partial charge in [-0.1, -0.05) is 90.0 Å². The van der Waals surface area contributed by atoms with Gasteiger partial charge < -0.3 is 4.80 Å². The monoisotopic (exact) mass is 581 g/mol. The number of rotatable bonds is 3. The van der Waals surface area contributed by atoms with Crippen molar-refractivity contribution in [2.24, 2.45) is 0 Å². The maximum Gasteiger partial charge on any atom is 0.179 e. The molecule has 4 rings (SSSR count). The van der Waals surface area contributed by atoms with Crippen LogP contribution in [0.15, 0.2) is 24.3 Å². The molecule has 33 heavy (non-hydrogen) atoms. The summed E-state index contributed by atoms with van der Waals surface area (Å²) in [6.45, 7) is 5.65. The van der Waals surface area contributed by atoms with E-state index in [0.717, 1.165) is 0 Å². The van der Waals surface area contributed by atoms with E-state index in [4.69, 9.17) is 4.80 Å². The topological polar surface area (TPSA) is 20.2 Å². The molecular formula is C29H55OPRhSi. The Balaban J connectivity index is 0.000000324. The first-order valence-electron chi connectivity index (χ1n) is 14.2. The first-order valence-corrected chi connectivity index (χ1v) is 19.2. The molecule has 0 spiro atoms. The molecule has 0 aliphatic heterocycles. The van der Waals surface area contributed by atoms with E-state index < -0.39 is 8.32 Å². The molecule has 3 fully saturated rings. The molecule has 3 saturated carbocycles. The summed E-state index contributed by atoms with van der Waals surface area (Å²) in [4.78, 5) is 8.66. The maximum atomic E-state index is 8.66. The van der Waals surface area contributed by atoms with E-state index in [2.05, 4.69) is 24.3 Å². The Morgan fingerprint density at radius 3 is 0.939 bits per heavy atom. The minimum Gasteiger partial charge on any atom is -0.433 e. The first kappa shape index (κ1) is 31.7. The van der Waals surface area contributed by atoms with Gasteiger partial charge in [-0.15, -0.1) is 0 Å². The van der Waals surface area contributed by atoms with Crippen LogP contribution in [0.3, 0.4) is 0 Å². The predicted octanol–water partition coefficient (Wildman–Crippen LogP) is 9.95. The van der Waals surface area contributed by atoms with E-state index in [1.807, 2.05) is 19.6 Å². The summed E-state index contributed by atoms with van der Waals surface area (Å²) in [6, 6.07) is 0. The van der Waals surface area contributed by atoms with Crippen LogP contribution >= 0.6 is 7.92 Å². The molecule has 0 heterocycles. The molecule has 4 aliphatic rings. The third-order valence-corrected chi connectivity index (χ3v) is 11.4. The fourth-order valence-electron chi connectivity index (χ4n) is 5.89. The molecule has 0 aromatic rings. The third kappa shape index (κ3) is 15.4. The van der Waals surface area contributed by atoms with E-state index in [1.54, 1.807) is 77.0 Å². The maximum absolute atomic E-state index is 8.66. The van der Waals surface area contributed by atoms with Gasteiger partial charge in [-0.25, -0.2) is 0 Å². The van der Waals surface area contributed by atoms with Crippen LogP contribution < -0.4 is 0 Å². The Bertz CT molecular complexity index is 437. The molecule has 0 saturated heterocycles. The zero-order valence-corrected chi connectivity index (χ0v) is 25.7. The molecule has 0 amide bonds. The molecule has 0 aromatic carbocycles. The van der Waals surface area contributed by atoms with Crippen molar-refractivity contribution in [2.75, 3.05) is 0 Å². The second-order valence-corrected chi connectivity index (χ2v) is 19.0. The molecule has 0 aromatic heterocycles. The average molecular weight is 582 g/mol. The number of hydrogen-bond donors (Lipinski definition) is 1. The Kier molecular flexibility index (Phi) is 18.2. The second kappa shape index (κ2) is 18.9. The number of hydrogen-bond acceptors (Lipinski definition) is 1. The third-order valence-electron chi connectivity index (χ3n) is 7.32. The van der Waals surface area contributed by atoms with Crippen LogP contribution in [0.5, 0.6) is 0 Å². The van der Waals surface area contributed by atoms with Gasteiger partial charge >= 0.3 is 0 Å². The average Bonchev–Trinajstić information content (AvgIpc) is 2.75. The van der Waals surface area contributed by atoms with Gasteiger partial charge in [0.05, 0.1) is 0 Å². The minimum absolute atomic E-state index is 0. The SMILES string of the molecule is C1=CCC/C=C\CC1.C1CCC(P(C2CCCCC2)C2CCCCC2)CC1.C[Si](C)(C)O.[Rh]. The Morgan fingerprint density at radius 1 is 0.515 bits per heavy atom. The summed E-state index contributed by atoms with van der Waals surface area (Å²) >= 11 is 0. The summed E-state index contributed by atoms with van der Waals surface area (Å²) in [5, 5.41) is 0. The Labute approximate surface area is 222 Å². The molecule has 195 valence electrons. The minimum atomic E-state index is -1.61. The van der Waals surface area contributed by atoms with Crippen molar-refractivity contribution in [1.29, 1.82) is 0 Å². The van der Waals surface area contributed by atoms with Crippen LogP contribution in [0.2, 0.25) is 19.6 Å². The molecule has 0 atom stereocenters. The quantitative estimate of drug-likeness (QED) is 0.200. The number of allylic oxidation sites excluding steroid dienone is 4. The standard InChI is InChI=1S/C18H33P.C8H12.C3H10OSi.Rh/c1-4-10-16(11-5-1)19(17-12-6-2-7-13-17)18-14-8-3-9-15-18;1-2-4-6-8-7-5-3-1;1-5(2,3)4;/h16-18H,1-15H2;1-2,7-8H,3-6H2;4H,1-3H3;/b;2-1-,8-7?;;. The smallest absolute Gasteiger partial charge is 0.179 e. The van der Waals surface area contributed by atoms with Crippen LogP contribution in [0.25, 0.3) is 0 Å². The van der Waals surface area contributed by atoms with Crippen LogP contribution in [-0.4, -0.2) is 30.1 Å². The first-order chi connectivity index (χ1) is 15.4. The van der Waals surface area contributed by atoms with E-state index in [9.17, 15) is 0 Å². The molecule has 1 N–H and O–H groups in total. The fourth-order valence-corrected chi connectivity index (χ4v) is 10.6. The summed E-state index contributed by atoms with van der Waals surface area (Å²) in [5.41, 5.74) is 3.57. The molecule has 0 unspecified atom stereocenters. The zero-order valence-electron chi connectivity index (χ0n) is 22.2. The molecule has 4 heteroatoms. The fraction of sp³-hybridized carbons (Fsp3) is 0.862. The van der Waals surface area contributed by atoms with Crippen molar-refractivity contribution < 1.29 is 24.3 Å². The molecule has 1 nitrogen and oxygen atoms in total. The second-order valence-electron chi connectivity index (χ2n) is 11.6. The van der Waals surface area contributed by atoms with E-state index in [1.165, 1.54) is 61.9 Å². The van der Waals surface area contributed by atoms with Crippen LogP contribution in [0.4, 0.5) is 0 Å². The summed E-state index contributed by atoms with van der Waals surface area (Å²) in [6.07, 6.45) is 37.6. The largest absolute Gasteiger partial charge is 0.433 e. The molecule has 0 bridgehead atoms. The summed E-state index contributed by atoms with van der Waals surface area (Å²) in [5.74, 6) is 0. The summed E-state index contributed by atoms with van der Waals surface area (Å²) < 4.78 is 0. The Hall–Kier alpha value is 0.710. The van der Waals surface area contributed by atoms with Crippen molar-refractivity contribution in [3.8, 4) is 0 Å². The van der Waals surface area contributed by atoms with Crippen molar-refractivity contribution >= 4 is 16.2 Å². The van der Waals surface area contributed by atoms with Gasteiger partial charge in [0.25, 0.3) is 0 Å². The van der Waals surface area contributed by atoms with Crippen LogP contribution in [0, 0.1) is 0 Å². The predicted molar refractivity (Wildman–Crippen MR) is 150 cm³/mol. The van der Waals surface area contributed by atoms with E-state index in [0.29, 0.717) is 7.92 Å². The summed E-state index contributed by atoms with van der Waals surface area (Å²) in [7, 11) is -1.23. The van der Waals surface area contributed by atoms with Crippen molar-refractivity contribution in [3.63, 3.8) is 0 Å². The van der Waals surface area contributed by atoms with Gasteiger partial charge in [-0.05, 0) is 101 Å². The van der Waals surface area contributed by atoms with Crippen molar-refractivity contribution in [1.82, 2.24) is 0 Å². The van der Waals surface area contributed by atoms with Gasteiger partial charge in [0, 0.05) is 19.5 Å². The molecular weight excluding hydrogens is 526 g/mol. The van der Waals surface area contributed by atoms with Crippen LogP contribution in [0.1, 0.15) is 122 Å². The zero-order chi connectivity index (χ0) is 23.1. The van der Waals surface area contributed by atoms with Gasteiger partial charge in [-0.2, -0.15) is 0 Å². The van der Waals surface area contributed by atoms with Crippen molar-refractivity contribution in [3.05, 3.63) is 24.3 Å². The van der Waals surface area contributed by atoms with Gasteiger partial charge in [-0.3, -0.25) is 0 Å².